The number of benzene rings is 2. The second kappa shape index (κ2) is 6.08. The highest BCUT2D eigenvalue weighted by Gasteiger charge is 2.32. The van der Waals surface area contributed by atoms with Crippen molar-refractivity contribution in [1.29, 1.82) is 0 Å². The van der Waals surface area contributed by atoms with E-state index in [9.17, 15) is 4.39 Å². The second-order valence-electron chi connectivity index (χ2n) is 5.09. The first-order chi connectivity index (χ1) is 10.3. The van der Waals surface area contributed by atoms with Gasteiger partial charge in [0.2, 0.25) is 0 Å². The van der Waals surface area contributed by atoms with Gasteiger partial charge in [0.1, 0.15) is 0 Å². The molecule has 1 N–H and O–H groups in total. The standard InChI is InChI=1S/C17H18FNOS/c1-19-17(12-7-5-8-14(20-2)16(12)18)13-10-21-15-9-4-3-6-11(13)15/h3-9,13,17,19H,10H2,1-2H3. The minimum Gasteiger partial charge on any atom is -0.494 e. The monoisotopic (exact) mass is 303 g/mol. The highest BCUT2D eigenvalue weighted by atomic mass is 32.2. The summed E-state index contributed by atoms with van der Waals surface area (Å²) in [5, 5.41) is 3.28. The summed E-state index contributed by atoms with van der Waals surface area (Å²) in [6, 6.07) is 13.7. The van der Waals surface area contributed by atoms with E-state index in [0.29, 0.717) is 11.3 Å². The van der Waals surface area contributed by atoms with Crippen molar-refractivity contribution in [2.45, 2.75) is 16.9 Å². The zero-order valence-electron chi connectivity index (χ0n) is 12.1. The van der Waals surface area contributed by atoms with E-state index in [4.69, 9.17) is 4.74 Å². The van der Waals surface area contributed by atoms with Crippen LogP contribution in [0.15, 0.2) is 47.4 Å². The number of halogens is 1. The number of methoxy groups -OCH3 is 1. The normalized spacial score (nSPS) is 18.3. The van der Waals surface area contributed by atoms with Crippen LogP contribution in [0, 0.1) is 5.82 Å². The Kier molecular flexibility index (Phi) is 4.17. The van der Waals surface area contributed by atoms with Gasteiger partial charge in [0.15, 0.2) is 11.6 Å². The van der Waals surface area contributed by atoms with E-state index in [1.54, 1.807) is 6.07 Å². The van der Waals surface area contributed by atoms with Crippen molar-refractivity contribution in [2.75, 3.05) is 19.9 Å². The minimum absolute atomic E-state index is 0.0590. The van der Waals surface area contributed by atoms with E-state index in [1.165, 1.54) is 17.6 Å². The third-order valence-electron chi connectivity index (χ3n) is 4.00. The van der Waals surface area contributed by atoms with E-state index in [1.807, 2.05) is 37.0 Å². The average molecular weight is 303 g/mol. The first-order valence-corrected chi connectivity index (χ1v) is 7.96. The van der Waals surface area contributed by atoms with Crippen molar-refractivity contribution in [3.63, 3.8) is 0 Å². The van der Waals surface area contributed by atoms with Gasteiger partial charge in [0.05, 0.1) is 7.11 Å². The van der Waals surface area contributed by atoms with Crippen LogP contribution in [0.4, 0.5) is 4.39 Å². The Morgan fingerprint density at radius 3 is 2.81 bits per heavy atom. The van der Waals surface area contributed by atoms with Gasteiger partial charge in [-0.3, -0.25) is 0 Å². The molecule has 110 valence electrons. The molecule has 2 aromatic carbocycles. The molecule has 0 aromatic heterocycles. The van der Waals surface area contributed by atoms with Crippen LogP contribution < -0.4 is 10.1 Å². The summed E-state index contributed by atoms with van der Waals surface area (Å²) in [4.78, 5) is 1.30. The van der Waals surface area contributed by atoms with Crippen molar-refractivity contribution in [2.24, 2.45) is 0 Å². The van der Waals surface area contributed by atoms with Gasteiger partial charge in [-0.2, -0.15) is 0 Å². The number of nitrogens with one attached hydrogen (secondary N) is 1. The molecule has 0 saturated carbocycles. The van der Waals surface area contributed by atoms with Crippen LogP contribution in [0.1, 0.15) is 23.1 Å². The Balaban J connectivity index is 2.01. The molecule has 1 aliphatic heterocycles. The summed E-state index contributed by atoms with van der Waals surface area (Å²) >= 11 is 1.84. The van der Waals surface area contributed by atoms with E-state index in [-0.39, 0.29) is 17.8 Å². The van der Waals surface area contributed by atoms with E-state index in [0.717, 1.165) is 5.75 Å². The highest BCUT2D eigenvalue weighted by Crippen LogP contribution is 2.46. The lowest BCUT2D eigenvalue weighted by Crippen LogP contribution is -2.25. The third-order valence-corrected chi connectivity index (χ3v) is 5.21. The molecule has 3 rings (SSSR count). The van der Waals surface area contributed by atoms with Crippen LogP contribution in [0.2, 0.25) is 0 Å². The van der Waals surface area contributed by atoms with Gasteiger partial charge < -0.3 is 10.1 Å². The molecule has 0 fully saturated rings. The smallest absolute Gasteiger partial charge is 0.169 e. The van der Waals surface area contributed by atoms with Gasteiger partial charge in [-0.05, 0) is 24.7 Å². The van der Waals surface area contributed by atoms with Gasteiger partial charge in [-0.25, -0.2) is 4.39 Å². The third kappa shape index (κ3) is 2.54. The minimum atomic E-state index is -0.270. The predicted molar refractivity (Wildman–Crippen MR) is 84.7 cm³/mol. The topological polar surface area (TPSA) is 21.3 Å². The Morgan fingerprint density at radius 1 is 1.24 bits per heavy atom. The number of hydrogen-bond acceptors (Lipinski definition) is 3. The quantitative estimate of drug-likeness (QED) is 0.923. The number of ether oxygens (including phenoxy) is 1. The maximum Gasteiger partial charge on any atom is 0.169 e. The van der Waals surface area contributed by atoms with Crippen LogP contribution in [-0.4, -0.2) is 19.9 Å². The number of likely N-dealkylation sites (N-methyl/N-ethyl adjacent to an activating group) is 1. The Bertz CT molecular complexity index is 646. The Hall–Kier alpha value is -1.52. The molecule has 1 aliphatic rings. The molecule has 4 heteroatoms. The predicted octanol–water partition coefficient (Wildman–Crippen LogP) is 3.98. The summed E-state index contributed by atoms with van der Waals surface area (Å²) in [5.41, 5.74) is 1.96. The lowest BCUT2D eigenvalue weighted by atomic mass is 9.88. The largest absolute Gasteiger partial charge is 0.494 e. The van der Waals surface area contributed by atoms with Crippen LogP contribution >= 0.6 is 11.8 Å². The van der Waals surface area contributed by atoms with Crippen molar-refractivity contribution >= 4 is 11.8 Å². The van der Waals surface area contributed by atoms with E-state index in [2.05, 4.69) is 23.5 Å². The van der Waals surface area contributed by atoms with E-state index >= 15 is 0 Å². The van der Waals surface area contributed by atoms with Gasteiger partial charge in [-0.15, -0.1) is 11.8 Å². The summed E-state index contributed by atoms with van der Waals surface area (Å²) in [7, 11) is 3.38. The summed E-state index contributed by atoms with van der Waals surface area (Å²) in [6.45, 7) is 0. The SMILES string of the molecule is CNC(c1cccc(OC)c1F)C1CSc2ccccc21. The lowest BCUT2D eigenvalue weighted by Gasteiger charge is -2.25. The highest BCUT2D eigenvalue weighted by molar-refractivity contribution is 7.99. The second-order valence-corrected chi connectivity index (χ2v) is 6.15. The summed E-state index contributed by atoms with van der Waals surface area (Å²) < 4.78 is 19.7. The van der Waals surface area contributed by atoms with Gasteiger partial charge in [0, 0.05) is 28.2 Å². The van der Waals surface area contributed by atoms with Gasteiger partial charge in [-0.1, -0.05) is 30.3 Å². The fourth-order valence-corrected chi connectivity index (χ4v) is 4.25. The maximum atomic E-state index is 14.6. The molecule has 0 radical (unpaired) electrons. The first kappa shape index (κ1) is 14.4. The van der Waals surface area contributed by atoms with Gasteiger partial charge >= 0.3 is 0 Å². The fraction of sp³-hybridized carbons (Fsp3) is 0.294. The number of hydrogen-bond donors (Lipinski definition) is 1. The average Bonchev–Trinajstić information content (AvgIpc) is 2.94. The van der Waals surface area contributed by atoms with Crippen LogP contribution in [0.5, 0.6) is 5.75 Å². The van der Waals surface area contributed by atoms with Crippen molar-refractivity contribution in [3.8, 4) is 5.75 Å². The maximum absolute atomic E-state index is 14.6. The molecule has 0 bridgehead atoms. The Morgan fingerprint density at radius 2 is 2.05 bits per heavy atom. The first-order valence-electron chi connectivity index (χ1n) is 6.97. The Labute approximate surface area is 128 Å². The van der Waals surface area contributed by atoms with Gasteiger partial charge in [0.25, 0.3) is 0 Å². The van der Waals surface area contributed by atoms with Crippen LogP contribution in [0.25, 0.3) is 0 Å². The van der Waals surface area contributed by atoms with Crippen LogP contribution in [0.3, 0.4) is 0 Å². The van der Waals surface area contributed by atoms with Crippen molar-refractivity contribution in [3.05, 3.63) is 59.4 Å². The molecule has 0 aliphatic carbocycles. The molecular formula is C17H18FNOS. The molecule has 0 saturated heterocycles. The number of rotatable bonds is 4. The summed E-state index contributed by atoms with van der Waals surface area (Å²) in [5.74, 6) is 1.25. The lowest BCUT2D eigenvalue weighted by molar-refractivity contribution is 0.377. The van der Waals surface area contributed by atoms with Crippen LogP contribution in [-0.2, 0) is 0 Å². The van der Waals surface area contributed by atoms with Crippen molar-refractivity contribution in [1.82, 2.24) is 5.32 Å². The molecule has 0 amide bonds. The summed E-state index contributed by atoms with van der Waals surface area (Å²) in [6.07, 6.45) is 0. The molecule has 1 heterocycles. The number of fused-ring (bicyclic) bond motifs is 1. The molecule has 21 heavy (non-hydrogen) atoms. The fourth-order valence-electron chi connectivity index (χ4n) is 2.96. The van der Waals surface area contributed by atoms with E-state index < -0.39 is 0 Å². The molecule has 0 spiro atoms. The zero-order valence-corrected chi connectivity index (χ0v) is 12.9. The van der Waals surface area contributed by atoms with Crippen molar-refractivity contribution < 1.29 is 9.13 Å². The molecule has 2 atom stereocenters. The molecule has 2 nitrogen and oxygen atoms in total. The number of thioether (sulfide) groups is 1. The zero-order chi connectivity index (χ0) is 14.8. The molecule has 2 aromatic rings. The molecule has 2 unspecified atom stereocenters. The molecular weight excluding hydrogens is 285 g/mol.